The van der Waals surface area contributed by atoms with Gasteiger partial charge in [0.15, 0.2) is 18.7 Å². The Morgan fingerprint density at radius 2 is 0.926 bits per heavy atom. The van der Waals surface area contributed by atoms with Crippen molar-refractivity contribution in [3.8, 4) is 0 Å². The van der Waals surface area contributed by atoms with Gasteiger partial charge in [-0.15, -0.1) is 0 Å². The van der Waals surface area contributed by atoms with Crippen LogP contribution in [0.3, 0.4) is 0 Å². The van der Waals surface area contributed by atoms with Crippen molar-refractivity contribution in [2.75, 3.05) is 26.4 Å². The first-order valence-corrected chi connectivity index (χ1v) is 26.6. The van der Waals surface area contributed by atoms with Gasteiger partial charge in [0.05, 0.1) is 19.8 Å². The third-order valence-corrected chi connectivity index (χ3v) is 12.6. The van der Waals surface area contributed by atoms with Crippen LogP contribution in [-0.4, -0.2) is 142 Å². The predicted molar refractivity (Wildman–Crippen MR) is 261 cm³/mol. The Hall–Kier alpha value is -2.28. The zero-order valence-corrected chi connectivity index (χ0v) is 41.8. The standard InChI is InChI=1S/C53H94O15/c1-3-5-7-9-11-13-15-17-19-20-22-24-26-28-30-32-34-36-45(56)66-41(38-63-44(55)35-33-31-29-27-25-23-21-18-16-14-12-10-8-6-4-2)39-64-52-51(62)49(60)47(58)43(68-52)40-65-53-50(61)48(59)46(57)42(37-54)67-53/h5,7,11,13,17,19,41-43,46-54,57-62H,3-4,6,8-10,12,14-16,18,20-40H2,1-2H3/b7-5-,13-11-,19-17-. The molecule has 0 spiro atoms. The highest BCUT2D eigenvalue weighted by molar-refractivity contribution is 5.70. The number of ether oxygens (including phenoxy) is 6. The maximum atomic E-state index is 13.0. The van der Waals surface area contributed by atoms with Crippen LogP contribution >= 0.6 is 0 Å². The van der Waals surface area contributed by atoms with Crippen LogP contribution in [0.1, 0.15) is 194 Å². The van der Waals surface area contributed by atoms with Crippen LogP contribution in [0.15, 0.2) is 36.5 Å². The first-order chi connectivity index (χ1) is 33.0. The first-order valence-electron chi connectivity index (χ1n) is 26.6. The second-order valence-corrected chi connectivity index (χ2v) is 18.7. The third-order valence-electron chi connectivity index (χ3n) is 12.6. The number of aliphatic hydroxyl groups excluding tert-OH is 7. The first kappa shape index (κ1) is 61.8. The Labute approximate surface area is 408 Å². The highest BCUT2D eigenvalue weighted by Gasteiger charge is 2.47. The zero-order valence-electron chi connectivity index (χ0n) is 41.8. The van der Waals surface area contributed by atoms with E-state index in [0.29, 0.717) is 12.8 Å². The number of esters is 2. The van der Waals surface area contributed by atoms with Crippen molar-refractivity contribution in [3.63, 3.8) is 0 Å². The van der Waals surface area contributed by atoms with Gasteiger partial charge in [-0.05, 0) is 44.9 Å². The van der Waals surface area contributed by atoms with Crippen molar-refractivity contribution in [2.24, 2.45) is 0 Å². The number of hydrogen-bond donors (Lipinski definition) is 7. The molecule has 0 radical (unpaired) electrons. The zero-order chi connectivity index (χ0) is 49.6. The molecule has 0 amide bonds. The van der Waals surface area contributed by atoms with E-state index in [4.69, 9.17) is 28.4 Å². The lowest BCUT2D eigenvalue weighted by molar-refractivity contribution is -0.332. The SMILES string of the molecule is CC/C=C\C/C=C\C/C=C\CCCCCCCCCC(=O)OC(COC(=O)CCCCCCCCCCCCCCCCC)COC1OC(COC2OC(CO)C(O)C(O)C2O)C(O)C(O)C1O. The summed E-state index contributed by atoms with van der Waals surface area (Å²) < 4.78 is 33.6. The van der Waals surface area contributed by atoms with Crippen LogP contribution in [0.2, 0.25) is 0 Å². The van der Waals surface area contributed by atoms with Gasteiger partial charge in [-0.1, -0.05) is 172 Å². The number of rotatable bonds is 41. The fraction of sp³-hybridized carbons (Fsp3) is 0.849. The summed E-state index contributed by atoms with van der Waals surface area (Å²) in [6, 6.07) is 0. The largest absolute Gasteiger partial charge is 0.462 e. The molecule has 2 rings (SSSR count). The van der Waals surface area contributed by atoms with Crippen LogP contribution in [0.25, 0.3) is 0 Å². The third kappa shape index (κ3) is 27.9. The summed E-state index contributed by atoms with van der Waals surface area (Å²) in [6.45, 7) is 2.49. The van der Waals surface area contributed by atoms with Crippen molar-refractivity contribution in [1.82, 2.24) is 0 Å². The number of hydrogen-bond acceptors (Lipinski definition) is 15. The molecule has 15 heteroatoms. The normalized spacial score (nSPS) is 26.0. The number of allylic oxidation sites excluding steroid dienone is 6. The molecule has 0 aromatic heterocycles. The van der Waals surface area contributed by atoms with Crippen LogP contribution in [0, 0.1) is 0 Å². The average molecular weight is 971 g/mol. The van der Waals surface area contributed by atoms with Crippen LogP contribution in [0.4, 0.5) is 0 Å². The molecule has 0 aromatic rings. The summed E-state index contributed by atoms with van der Waals surface area (Å²) in [5, 5.41) is 72.1. The highest BCUT2D eigenvalue weighted by Crippen LogP contribution is 2.26. The molecular weight excluding hydrogens is 877 g/mol. The molecule has 0 aliphatic carbocycles. The lowest BCUT2D eigenvalue weighted by Crippen LogP contribution is -2.61. The molecule has 11 unspecified atom stereocenters. The van der Waals surface area contributed by atoms with Gasteiger partial charge in [0.25, 0.3) is 0 Å². The quantitative estimate of drug-likeness (QED) is 0.0177. The molecule has 68 heavy (non-hydrogen) atoms. The van der Waals surface area contributed by atoms with Crippen LogP contribution in [-0.2, 0) is 38.0 Å². The molecule has 396 valence electrons. The fourth-order valence-electron chi connectivity index (χ4n) is 8.29. The fourth-order valence-corrected chi connectivity index (χ4v) is 8.29. The molecule has 2 saturated heterocycles. The van der Waals surface area contributed by atoms with E-state index in [1.54, 1.807) is 0 Å². The maximum Gasteiger partial charge on any atom is 0.306 e. The second-order valence-electron chi connectivity index (χ2n) is 18.7. The van der Waals surface area contributed by atoms with E-state index in [-0.39, 0.29) is 26.1 Å². The van der Waals surface area contributed by atoms with Crippen molar-refractivity contribution in [3.05, 3.63) is 36.5 Å². The number of carbonyl (C=O) groups excluding carboxylic acids is 2. The summed E-state index contributed by atoms with van der Waals surface area (Å²) in [5.41, 5.74) is 0. The van der Waals surface area contributed by atoms with Gasteiger partial charge >= 0.3 is 11.9 Å². The van der Waals surface area contributed by atoms with Crippen molar-refractivity contribution in [2.45, 2.75) is 261 Å². The number of aliphatic hydroxyl groups is 7. The average Bonchev–Trinajstić information content (AvgIpc) is 3.33. The predicted octanol–water partition coefficient (Wildman–Crippen LogP) is 7.71. The molecule has 2 heterocycles. The van der Waals surface area contributed by atoms with Gasteiger partial charge in [-0.25, -0.2) is 0 Å². The Balaban J connectivity index is 1.80. The maximum absolute atomic E-state index is 13.0. The van der Waals surface area contributed by atoms with Gasteiger partial charge in [-0.3, -0.25) is 9.59 Å². The number of unbranched alkanes of at least 4 members (excludes halogenated alkanes) is 21. The summed E-state index contributed by atoms with van der Waals surface area (Å²) in [6.07, 6.45) is 25.9. The minimum Gasteiger partial charge on any atom is -0.462 e. The number of carbonyl (C=O) groups is 2. The Bertz CT molecular complexity index is 1330. The smallest absolute Gasteiger partial charge is 0.306 e. The van der Waals surface area contributed by atoms with Gasteiger partial charge in [0.1, 0.15) is 55.4 Å². The lowest BCUT2D eigenvalue weighted by atomic mass is 9.98. The van der Waals surface area contributed by atoms with E-state index in [1.807, 2.05) is 0 Å². The van der Waals surface area contributed by atoms with Crippen molar-refractivity contribution >= 4 is 11.9 Å². The van der Waals surface area contributed by atoms with Crippen molar-refractivity contribution < 1.29 is 73.8 Å². The minimum absolute atomic E-state index is 0.155. The van der Waals surface area contributed by atoms with E-state index in [1.165, 1.54) is 70.6 Å². The Morgan fingerprint density at radius 1 is 0.485 bits per heavy atom. The molecule has 0 saturated carbocycles. The van der Waals surface area contributed by atoms with E-state index >= 15 is 0 Å². The van der Waals surface area contributed by atoms with E-state index in [2.05, 4.69) is 50.3 Å². The molecule has 2 fully saturated rings. The minimum atomic E-state index is -1.77. The summed E-state index contributed by atoms with van der Waals surface area (Å²) in [7, 11) is 0. The molecular formula is C53H94O15. The van der Waals surface area contributed by atoms with Crippen LogP contribution in [0.5, 0.6) is 0 Å². The van der Waals surface area contributed by atoms with E-state index in [9.17, 15) is 45.3 Å². The van der Waals surface area contributed by atoms with Crippen LogP contribution < -0.4 is 0 Å². The van der Waals surface area contributed by atoms with Gasteiger partial charge in [-0.2, -0.15) is 0 Å². The van der Waals surface area contributed by atoms with Gasteiger partial charge < -0.3 is 64.2 Å². The van der Waals surface area contributed by atoms with Gasteiger partial charge in [0, 0.05) is 12.8 Å². The highest BCUT2D eigenvalue weighted by atomic mass is 16.7. The lowest BCUT2D eigenvalue weighted by Gasteiger charge is -2.42. The van der Waals surface area contributed by atoms with E-state index < -0.39 is 92.7 Å². The summed E-state index contributed by atoms with van der Waals surface area (Å²) >= 11 is 0. The molecule has 0 bridgehead atoms. The molecule has 7 N–H and O–H groups in total. The molecule has 2 aliphatic rings. The Kier molecular flexibility index (Phi) is 36.7. The van der Waals surface area contributed by atoms with Gasteiger partial charge in [0.2, 0.25) is 0 Å². The topological polar surface area (TPSA) is 231 Å². The molecule has 0 aromatic carbocycles. The second kappa shape index (κ2) is 40.3. The molecule has 2 aliphatic heterocycles. The molecule has 11 atom stereocenters. The van der Waals surface area contributed by atoms with Crippen molar-refractivity contribution in [1.29, 1.82) is 0 Å². The molecule has 15 nitrogen and oxygen atoms in total. The van der Waals surface area contributed by atoms with E-state index in [0.717, 1.165) is 83.5 Å². The monoisotopic (exact) mass is 971 g/mol. The Morgan fingerprint density at radius 3 is 1.46 bits per heavy atom. The summed E-state index contributed by atoms with van der Waals surface area (Å²) in [4.78, 5) is 25.8. The summed E-state index contributed by atoms with van der Waals surface area (Å²) in [5.74, 6) is -0.930.